The van der Waals surface area contributed by atoms with Crippen LogP contribution < -0.4 is 11.5 Å². The fourth-order valence-corrected chi connectivity index (χ4v) is 1.05. The summed E-state index contributed by atoms with van der Waals surface area (Å²) in [5.41, 5.74) is 12.1. The molecule has 0 aliphatic carbocycles. The minimum atomic E-state index is 0.0723. The summed E-state index contributed by atoms with van der Waals surface area (Å²) in [4.78, 5) is 1.94. The van der Waals surface area contributed by atoms with E-state index in [1.807, 2.05) is 11.9 Å². The Labute approximate surface area is 69.0 Å². The van der Waals surface area contributed by atoms with Crippen LogP contribution in [0.1, 0.15) is 20.8 Å². The minimum absolute atomic E-state index is 0.0723. The van der Waals surface area contributed by atoms with Crippen LogP contribution in [0, 0.1) is 5.41 Å². The van der Waals surface area contributed by atoms with Crippen LogP contribution in [0.15, 0.2) is 11.9 Å². The van der Waals surface area contributed by atoms with Gasteiger partial charge in [-0.1, -0.05) is 20.8 Å². The van der Waals surface area contributed by atoms with E-state index in [0.29, 0.717) is 6.67 Å². The third-order valence-corrected chi connectivity index (χ3v) is 1.61. The van der Waals surface area contributed by atoms with Crippen LogP contribution in [0.4, 0.5) is 0 Å². The second-order valence-electron chi connectivity index (χ2n) is 3.68. The lowest BCUT2D eigenvalue weighted by molar-refractivity contribution is 0.315. The third-order valence-electron chi connectivity index (χ3n) is 1.61. The van der Waals surface area contributed by atoms with Crippen molar-refractivity contribution < 1.29 is 0 Å². The molecule has 0 aromatic rings. The van der Waals surface area contributed by atoms with Crippen LogP contribution in [0.25, 0.3) is 0 Å². The zero-order chi connectivity index (χ0) is 9.07. The van der Waals surface area contributed by atoms with Gasteiger partial charge in [0.25, 0.3) is 0 Å². The van der Waals surface area contributed by atoms with Gasteiger partial charge < -0.3 is 16.4 Å². The summed E-state index contributed by atoms with van der Waals surface area (Å²) < 4.78 is 0. The highest BCUT2D eigenvalue weighted by Gasteiger charge is 2.19. The molecule has 3 nitrogen and oxygen atoms in total. The van der Waals surface area contributed by atoms with Crippen molar-refractivity contribution in [3.8, 4) is 0 Å². The molecular formula is C8H19N3. The van der Waals surface area contributed by atoms with E-state index < -0.39 is 0 Å². The maximum Gasteiger partial charge on any atom is 0.0651 e. The van der Waals surface area contributed by atoms with Crippen molar-refractivity contribution in [2.75, 3.05) is 13.7 Å². The van der Waals surface area contributed by atoms with Gasteiger partial charge in [0.2, 0.25) is 0 Å². The number of nitrogens with zero attached hydrogens (tertiary/aromatic N) is 1. The van der Waals surface area contributed by atoms with E-state index in [1.165, 1.54) is 0 Å². The first-order valence-corrected chi connectivity index (χ1v) is 3.77. The van der Waals surface area contributed by atoms with Crippen molar-refractivity contribution in [3.63, 3.8) is 0 Å². The number of nitrogens with two attached hydrogens (primary N) is 2. The van der Waals surface area contributed by atoms with Gasteiger partial charge >= 0.3 is 0 Å². The normalized spacial score (nSPS) is 13.4. The van der Waals surface area contributed by atoms with E-state index in [1.54, 1.807) is 6.20 Å². The Balaban J connectivity index is 4.44. The monoisotopic (exact) mass is 157 g/mol. The lowest BCUT2D eigenvalue weighted by Gasteiger charge is -2.30. The molecule has 11 heavy (non-hydrogen) atoms. The molecule has 0 saturated heterocycles. The molecule has 0 saturated carbocycles. The fraction of sp³-hybridized carbons (Fsp3) is 0.750. The van der Waals surface area contributed by atoms with Crippen molar-refractivity contribution in [2.45, 2.75) is 20.8 Å². The molecule has 4 N–H and O–H groups in total. The van der Waals surface area contributed by atoms with E-state index in [0.717, 1.165) is 5.70 Å². The van der Waals surface area contributed by atoms with Crippen molar-refractivity contribution in [3.05, 3.63) is 11.9 Å². The Kier molecular flexibility index (Phi) is 3.39. The van der Waals surface area contributed by atoms with E-state index in [9.17, 15) is 0 Å². The average molecular weight is 157 g/mol. The highest BCUT2D eigenvalue weighted by atomic mass is 15.2. The van der Waals surface area contributed by atoms with Gasteiger partial charge in [0.05, 0.1) is 6.67 Å². The minimum Gasteiger partial charge on any atom is -0.403 e. The molecule has 66 valence electrons. The number of hydrogen-bond donors (Lipinski definition) is 2. The summed E-state index contributed by atoms with van der Waals surface area (Å²) in [6, 6.07) is 0. The van der Waals surface area contributed by atoms with Crippen molar-refractivity contribution in [1.82, 2.24) is 4.90 Å². The van der Waals surface area contributed by atoms with Crippen molar-refractivity contribution in [2.24, 2.45) is 16.9 Å². The second-order valence-corrected chi connectivity index (χ2v) is 3.68. The lowest BCUT2D eigenvalue weighted by Crippen LogP contribution is -2.32. The quantitative estimate of drug-likeness (QED) is 0.580. The molecule has 0 aliphatic rings. The highest BCUT2D eigenvalue weighted by molar-refractivity contribution is 5.06. The Morgan fingerprint density at radius 1 is 1.45 bits per heavy atom. The summed E-state index contributed by atoms with van der Waals surface area (Å²) in [5, 5.41) is 0. The summed E-state index contributed by atoms with van der Waals surface area (Å²) >= 11 is 0. The third kappa shape index (κ3) is 2.80. The molecule has 3 heteroatoms. The van der Waals surface area contributed by atoms with E-state index in [-0.39, 0.29) is 5.41 Å². The van der Waals surface area contributed by atoms with Gasteiger partial charge in [-0.2, -0.15) is 0 Å². The first-order chi connectivity index (χ1) is 4.93. The molecule has 0 rings (SSSR count). The van der Waals surface area contributed by atoms with Crippen LogP contribution in [-0.2, 0) is 0 Å². The molecule has 0 fully saturated rings. The van der Waals surface area contributed by atoms with Crippen LogP contribution >= 0.6 is 0 Å². The van der Waals surface area contributed by atoms with Crippen LogP contribution in [0.3, 0.4) is 0 Å². The number of hydrogen-bond acceptors (Lipinski definition) is 3. The van der Waals surface area contributed by atoms with Gasteiger partial charge in [-0.25, -0.2) is 0 Å². The molecule has 0 aromatic carbocycles. The van der Waals surface area contributed by atoms with Crippen molar-refractivity contribution >= 4 is 0 Å². The van der Waals surface area contributed by atoms with E-state index >= 15 is 0 Å². The number of allylic oxidation sites excluding steroid dienone is 1. The molecule has 0 spiro atoms. The fourth-order valence-electron chi connectivity index (χ4n) is 1.05. The molecule has 0 amide bonds. The Morgan fingerprint density at radius 3 is 2.00 bits per heavy atom. The summed E-state index contributed by atoms with van der Waals surface area (Å²) in [7, 11) is 1.93. The molecule has 0 radical (unpaired) electrons. The first-order valence-electron chi connectivity index (χ1n) is 3.77. The molecule has 0 aromatic heterocycles. The standard InChI is InChI=1S/C8H19N3/c1-8(2,3)7(5-9)11(4)6-10/h5H,6,9-10H2,1-4H3/b7-5-. The maximum absolute atomic E-state index is 5.48. The highest BCUT2D eigenvalue weighted by Crippen LogP contribution is 2.25. The first kappa shape index (κ1) is 10.3. The van der Waals surface area contributed by atoms with E-state index in [2.05, 4.69) is 20.8 Å². The summed E-state index contributed by atoms with van der Waals surface area (Å²) in [6.07, 6.45) is 1.62. The maximum atomic E-state index is 5.48. The Bertz CT molecular complexity index is 144. The SMILES string of the molecule is CN(CN)/C(=C\N)C(C)(C)C. The molecule has 0 aliphatic heterocycles. The second kappa shape index (κ2) is 3.62. The van der Waals surface area contributed by atoms with Gasteiger partial charge in [0.15, 0.2) is 0 Å². The van der Waals surface area contributed by atoms with Gasteiger partial charge in [-0.05, 0) is 0 Å². The summed E-state index contributed by atoms with van der Waals surface area (Å²) in [6.45, 7) is 6.83. The zero-order valence-corrected chi connectivity index (χ0v) is 7.89. The van der Waals surface area contributed by atoms with Crippen LogP contribution in [-0.4, -0.2) is 18.6 Å². The lowest BCUT2D eigenvalue weighted by atomic mass is 9.92. The smallest absolute Gasteiger partial charge is 0.0651 e. The molecule has 0 atom stereocenters. The van der Waals surface area contributed by atoms with Crippen molar-refractivity contribution in [1.29, 1.82) is 0 Å². The number of rotatable bonds is 2. The van der Waals surface area contributed by atoms with Gasteiger partial charge in [-0.3, -0.25) is 0 Å². The van der Waals surface area contributed by atoms with Crippen LogP contribution in [0.5, 0.6) is 0 Å². The average Bonchev–Trinajstić information content (AvgIpc) is 1.86. The predicted molar refractivity (Wildman–Crippen MR) is 48.5 cm³/mol. The predicted octanol–water partition coefficient (Wildman–Crippen LogP) is 0.681. The van der Waals surface area contributed by atoms with E-state index in [4.69, 9.17) is 11.5 Å². The topological polar surface area (TPSA) is 55.3 Å². The summed E-state index contributed by atoms with van der Waals surface area (Å²) in [5.74, 6) is 0. The molecule has 0 bridgehead atoms. The molecule has 0 heterocycles. The van der Waals surface area contributed by atoms with Gasteiger partial charge in [0.1, 0.15) is 0 Å². The Morgan fingerprint density at radius 2 is 1.91 bits per heavy atom. The van der Waals surface area contributed by atoms with Gasteiger partial charge in [0, 0.05) is 24.4 Å². The van der Waals surface area contributed by atoms with Crippen LogP contribution in [0.2, 0.25) is 0 Å². The molecule has 0 unspecified atom stereocenters. The Hall–Kier alpha value is -0.700. The van der Waals surface area contributed by atoms with Gasteiger partial charge in [-0.15, -0.1) is 0 Å². The molecular weight excluding hydrogens is 138 g/mol. The zero-order valence-electron chi connectivity index (χ0n) is 7.89. The largest absolute Gasteiger partial charge is 0.403 e.